The zero-order valence-corrected chi connectivity index (χ0v) is 10.5. The van der Waals surface area contributed by atoms with E-state index in [9.17, 15) is 0 Å². The number of hydrogen-bond acceptors (Lipinski definition) is 2. The molecule has 1 aliphatic carbocycles. The Labute approximate surface area is 106 Å². The summed E-state index contributed by atoms with van der Waals surface area (Å²) < 4.78 is 5.73. The molecule has 4 heteroatoms. The quantitative estimate of drug-likeness (QED) is 0.879. The molecule has 16 heavy (non-hydrogen) atoms. The highest BCUT2D eigenvalue weighted by Gasteiger charge is 2.42. The van der Waals surface area contributed by atoms with Gasteiger partial charge in [-0.05, 0) is 37.9 Å². The van der Waals surface area contributed by atoms with Crippen molar-refractivity contribution in [2.24, 2.45) is 11.1 Å². The fourth-order valence-corrected chi connectivity index (χ4v) is 2.10. The van der Waals surface area contributed by atoms with Gasteiger partial charge in [-0.2, -0.15) is 0 Å². The lowest BCUT2D eigenvalue weighted by molar-refractivity contribution is 0.227. The molecule has 0 bridgehead atoms. The zero-order chi connectivity index (χ0) is 11.6. The second-order valence-corrected chi connectivity index (χ2v) is 5.25. The highest BCUT2D eigenvalue weighted by molar-refractivity contribution is 6.34. The third kappa shape index (κ3) is 2.82. The molecule has 88 valence electrons. The Balaban J connectivity index is 1.97. The summed E-state index contributed by atoms with van der Waals surface area (Å²) in [5.74, 6) is 0.664. The minimum atomic E-state index is 0.292. The molecule has 0 heterocycles. The minimum absolute atomic E-state index is 0.292. The van der Waals surface area contributed by atoms with Gasteiger partial charge in [0.15, 0.2) is 0 Å². The van der Waals surface area contributed by atoms with Gasteiger partial charge < -0.3 is 10.5 Å². The van der Waals surface area contributed by atoms with E-state index >= 15 is 0 Å². The van der Waals surface area contributed by atoms with Crippen molar-refractivity contribution in [2.45, 2.75) is 19.3 Å². The average Bonchev–Trinajstić information content (AvgIpc) is 3.01. The SMILES string of the molecule is NCCC1(COc2cc(Cl)ccc2Cl)CC1. The van der Waals surface area contributed by atoms with Crippen LogP contribution in [0.2, 0.25) is 10.0 Å². The van der Waals surface area contributed by atoms with Gasteiger partial charge in [0.2, 0.25) is 0 Å². The molecule has 0 radical (unpaired) electrons. The smallest absolute Gasteiger partial charge is 0.139 e. The molecule has 1 aromatic rings. The van der Waals surface area contributed by atoms with Crippen LogP contribution in [0.1, 0.15) is 19.3 Å². The molecular formula is C12H15Cl2NO. The summed E-state index contributed by atoms with van der Waals surface area (Å²) in [7, 11) is 0. The molecule has 1 aliphatic rings. The molecule has 1 fully saturated rings. The van der Waals surface area contributed by atoms with E-state index < -0.39 is 0 Å². The highest BCUT2D eigenvalue weighted by Crippen LogP contribution is 2.48. The van der Waals surface area contributed by atoms with Crippen LogP contribution in [0, 0.1) is 5.41 Å². The van der Waals surface area contributed by atoms with Gasteiger partial charge in [0, 0.05) is 16.5 Å². The van der Waals surface area contributed by atoms with E-state index in [0.717, 1.165) is 6.42 Å². The summed E-state index contributed by atoms with van der Waals surface area (Å²) in [6.45, 7) is 1.40. The van der Waals surface area contributed by atoms with E-state index in [1.165, 1.54) is 12.8 Å². The van der Waals surface area contributed by atoms with Crippen molar-refractivity contribution in [1.29, 1.82) is 0 Å². The Bertz CT molecular complexity index is 377. The van der Waals surface area contributed by atoms with Gasteiger partial charge in [-0.3, -0.25) is 0 Å². The third-order valence-electron chi connectivity index (χ3n) is 3.06. The molecule has 2 N–H and O–H groups in total. The number of rotatable bonds is 5. The summed E-state index contributed by atoms with van der Waals surface area (Å²) in [5, 5.41) is 1.25. The summed E-state index contributed by atoms with van der Waals surface area (Å²) in [6, 6.07) is 5.26. The van der Waals surface area contributed by atoms with Crippen molar-refractivity contribution in [3.63, 3.8) is 0 Å². The van der Waals surface area contributed by atoms with Crippen LogP contribution in [0.5, 0.6) is 5.75 Å². The van der Waals surface area contributed by atoms with Crippen molar-refractivity contribution >= 4 is 23.2 Å². The number of ether oxygens (including phenoxy) is 1. The highest BCUT2D eigenvalue weighted by atomic mass is 35.5. The van der Waals surface area contributed by atoms with Crippen LogP contribution in [0.3, 0.4) is 0 Å². The van der Waals surface area contributed by atoms with Crippen LogP contribution in [-0.4, -0.2) is 13.2 Å². The van der Waals surface area contributed by atoms with E-state index in [4.69, 9.17) is 33.7 Å². The van der Waals surface area contributed by atoms with E-state index in [2.05, 4.69) is 0 Å². The summed E-state index contributed by atoms with van der Waals surface area (Å²) in [5.41, 5.74) is 5.87. The van der Waals surface area contributed by atoms with Crippen molar-refractivity contribution in [3.8, 4) is 5.75 Å². The van der Waals surface area contributed by atoms with Crippen molar-refractivity contribution in [2.75, 3.05) is 13.2 Å². The van der Waals surface area contributed by atoms with Crippen LogP contribution >= 0.6 is 23.2 Å². The second kappa shape index (κ2) is 4.82. The van der Waals surface area contributed by atoms with Crippen LogP contribution in [-0.2, 0) is 0 Å². The van der Waals surface area contributed by atoms with Gasteiger partial charge in [-0.25, -0.2) is 0 Å². The number of nitrogens with two attached hydrogens (primary N) is 1. The van der Waals surface area contributed by atoms with Crippen LogP contribution < -0.4 is 10.5 Å². The van der Waals surface area contributed by atoms with Crippen molar-refractivity contribution in [1.82, 2.24) is 0 Å². The first-order chi connectivity index (χ1) is 7.65. The first-order valence-corrected chi connectivity index (χ1v) is 6.19. The predicted octanol–water partition coefficient (Wildman–Crippen LogP) is 3.50. The van der Waals surface area contributed by atoms with Crippen molar-refractivity contribution in [3.05, 3.63) is 28.2 Å². The maximum absolute atomic E-state index is 6.01. The summed E-state index contributed by atoms with van der Waals surface area (Å²) in [6.07, 6.45) is 3.41. The van der Waals surface area contributed by atoms with Crippen LogP contribution in [0.4, 0.5) is 0 Å². The van der Waals surface area contributed by atoms with Crippen LogP contribution in [0.25, 0.3) is 0 Å². The van der Waals surface area contributed by atoms with E-state index in [1.54, 1.807) is 18.2 Å². The largest absolute Gasteiger partial charge is 0.491 e. The lowest BCUT2D eigenvalue weighted by atomic mass is 10.0. The molecule has 0 aromatic heterocycles. The molecule has 0 amide bonds. The molecule has 0 unspecified atom stereocenters. The van der Waals surface area contributed by atoms with Gasteiger partial charge in [0.25, 0.3) is 0 Å². The lowest BCUT2D eigenvalue weighted by Gasteiger charge is -2.16. The Kier molecular flexibility index (Phi) is 3.63. The molecule has 0 saturated heterocycles. The molecule has 1 saturated carbocycles. The average molecular weight is 260 g/mol. The Morgan fingerprint density at radius 1 is 1.31 bits per heavy atom. The van der Waals surface area contributed by atoms with Crippen molar-refractivity contribution < 1.29 is 4.74 Å². The number of halogens is 2. The standard InChI is InChI=1S/C12H15Cl2NO/c13-9-1-2-10(14)11(7-9)16-8-12(3-4-12)5-6-15/h1-2,7H,3-6,8,15H2. The summed E-state index contributed by atoms with van der Waals surface area (Å²) >= 11 is 11.9. The maximum atomic E-state index is 6.01. The molecule has 1 aromatic carbocycles. The van der Waals surface area contributed by atoms with Gasteiger partial charge in [-0.15, -0.1) is 0 Å². The lowest BCUT2D eigenvalue weighted by Crippen LogP contribution is -2.17. The molecule has 0 atom stereocenters. The number of benzene rings is 1. The van der Waals surface area contributed by atoms with E-state index in [-0.39, 0.29) is 0 Å². The maximum Gasteiger partial charge on any atom is 0.139 e. The van der Waals surface area contributed by atoms with Gasteiger partial charge >= 0.3 is 0 Å². The topological polar surface area (TPSA) is 35.2 Å². The van der Waals surface area contributed by atoms with Gasteiger partial charge in [0.05, 0.1) is 11.6 Å². The van der Waals surface area contributed by atoms with Gasteiger partial charge in [0.1, 0.15) is 5.75 Å². The van der Waals surface area contributed by atoms with E-state index in [0.29, 0.717) is 34.4 Å². The van der Waals surface area contributed by atoms with E-state index in [1.807, 2.05) is 0 Å². The molecule has 0 aliphatic heterocycles. The first kappa shape index (κ1) is 12.0. The number of hydrogen-bond donors (Lipinski definition) is 1. The Morgan fingerprint density at radius 2 is 2.06 bits per heavy atom. The fourth-order valence-electron chi connectivity index (χ4n) is 1.77. The Morgan fingerprint density at radius 3 is 2.69 bits per heavy atom. The second-order valence-electron chi connectivity index (χ2n) is 4.40. The normalized spacial score (nSPS) is 17.2. The monoisotopic (exact) mass is 259 g/mol. The molecule has 2 rings (SSSR count). The zero-order valence-electron chi connectivity index (χ0n) is 9.01. The third-order valence-corrected chi connectivity index (χ3v) is 3.61. The Hall–Kier alpha value is -0.440. The minimum Gasteiger partial charge on any atom is -0.491 e. The predicted molar refractivity (Wildman–Crippen MR) is 67.3 cm³/mol. The summed E-state index contributed by atoms with van der Waals surface area (Å²) in [4.78, 5) is 0. The van der Waals surface area contributed by atoms with Crippen LogP contribution in [0.15, 0.2) is 18.2 Å². The molecule has 2 nitrogen and oxygen atoms in total. The fraction of sp³-hybridized carbons (Fsp3) is 0.500. The molecule has 0 spiro atoms. The molecular weight excluding hydrogens is 245 g/mol. The first-order valence-electron chi connectivity index (χ1n) is 5.43. The van der Waals surface area contributed by atoms with Gasteiger partial charge in [-0.1, -0.05) is 23.2 Å².